The highest BCUT2D eigenvalue weighted by Gasteiger charge is 2.40. The number of aromatic hydroxyl groups is 1. The molecular weight excluding hydrogens is 636 g/mol. The van der Waals surface area contributed by atoms with Crippen molar-refractivity contribution in [2.75, 3.05) is 13.7 Å². The average molecular weight is 679 g/mol. The van der Waals surface area contributed by atoms with E-state index in [1.807, 2.05) is 0 Å². The van der Waals surface area contributed by atoms with E-state index in [2.05, 4.69) is 15.6 Å². The second kappa shape index (κ2) is 16.2. The van der Waals surface area contributed by atoms with Crippen LogP contribution in [0.3, 0.4) is 0 Å². The number of ether oxygens (including phenoxy) is 1. The largest absolute Gasteiger partial charge is 0.508 e. The number of rotatable bonds is 15. The van der Waals surface area contributed by atoms with Crippen LogP contribution in [-0.2, 0) is 30.4 Å². The van der Waals surface area contributed by atoms with Gasteiger partial charge in [0.05, 0.1) is 13.5 Å². The van der Waals surface area contributed by atoms with Gasteiger partial charge in [0.25, 0.3) is 5.89 Å². The van der Waals surface area contributed by atoms with Crippen molar-refractivity contribution in [3.63, 3.8) is 0 Å². The molecular formula is C35H42N4O10. The number of phenolic OH excluding ortho intramolecular Hbond substituents is 1. The maximum atomic E-state index is 14.0. The standard InChI is InChI=1S/C35H42N4O10/c1-19(2)29(38-32(45)22(16-20(3)40)17-21-11-13-23(41)14-12-21)35(47)39-15-6-5-9-26(39)33(46)36-25(18-28(42)43)30(44)34-37-24-8-7-10-27(48-4)31(24)49-34/h7-8,10-14,19,22,25-26,29,41H,5-6,9,15-18H2,1-4H3,(H,36,46)(H,38,45)(H,42,43)/t22-,25-,26?,29-/m0/s1. The summed E-state index contributed by atoms with van der Waals surface area (Å²) in [5.41, 5.74) is 1.22. The Labute approximate surface area is 283 Å². The van der Waals surface area contributed by atoms with Gasteiger partial charge in [-0.05, 0) is 68.4 Å². The number of phenols is 1. The minimum atomic E-state index is -1.55. The number of amides is 3. The average Bonchev–Trinajstić information content (AvgIpc) is 3.51. The van der Waals surface area contributed by atoms with E-state index in [0.29, 0.717) is 24.1 Å². The van der Waals surface area contributed by atoms with Gasteiger partial charge in [0.1, 0.15) is 35.2 Å². The zero-order chi connectivity index (χ0) is 35.8. The number of methoxy groups -OCH3 is 1. The number of carboxylic acid groups (broad SMARTS) is 1. The van der Waals surface area contributed by atoms with E-state index in [-0.39, 0.29) is 42.9 Å². The van der Waals surface area contributed by atoms with Crippen LogP contribution in [0.1, 0.15) is 69.1 Å². The molecule has 4 N–H and O–H groups in total. The molecule has 49 heavy (non-hydrogen) atoms. The number of carboxylic acids is 1. The number of Topliss-reactive ketones (excluding diaryl/α,β-unsaturated/α-hetero) is 2. The minimum Gasteiger partial charge on any atom is -0.508 e. The summed E-state index contributed by atoms with van der Waals surface area (Å²) in [6.45, 7) is 5.07. The predicted molar refractivity (Wildman–Crippen MR) is 176 cm³/mol. The molecule has 14 nitrogen and oxygen atoms in total. The Balaban J connectivity index is 1.53. The fourth-order valence-electron chi connectivity index (χ4n) is 5.94. The van der Waals surface area contributed by atoms with Gasteiger partial charge in [0, 0.05) is 18.9 Å². The first-order valence-corrected chi connectivity index (χ1v) is 16.2. The van der Waals surface area contributed by atoms with Gasteiger partial charge in [-0.15, -0.1) is 0 Å². The van der Waals surface area contributed by atoms with E-state index in [1.165, 1.54) is 31.1 Å². The van der Waals surface area contributed by atoms with Crippen molar-refractivity contribution >= 4 is 46.4 Å². The number of piperidine rings is 1. The number of nitrogens with one attached hydrogen (secondary N) is 2. The Morgan fingerprint density at radius 1 is 1.02 bits per heavy atom. The normalized spacial score (nSPS) is 16.4. The molecule has 1 unspecified atom stereocenters. The van der Waals surface area contributed by atoms with Crippen molar-refractivity contribution < 1.29 is 48.1 Å². The number of aliphatic carboxylic acids is 1. The SMILES string of the molecule is COc1cccc2nc(C(=O)[C@H](CC(=O)O)NC(=O)C3CCCCN3C(=O)[C@@H](NC(=O)[C@@H](CC(C)=O)Cc3ccc(O)cc3)C(C)C)oc12. The van der Waals surface area contributed by atoms with E-state index in [1.54, 1.807) is 44.2 Å². The Hall–Kier alpha value is -5.27. The van der Waals surface area contributed by atoms with Gasteiger partial charge in [-0.25, -0.2) is 4.98 Å². The molecule has 0 radical (unpaired) electrons. The van der Waals surface area contributed by atoms with Gasteiger partial charge in [-0.1, -0.05) is 32.0 Å². The van der Waals surface area contributed by atoms with Crippen LogP contribution in [0.25, 0.3) is 11.1 Å². The van der Waals surface area contributed by atoms with E-state index < -0.39 is 71.7 Å². The van der Waals surface area contributed by atoms with Crippen LogP contribution in [0.4, 0.5) is 0 Å². The molecule has 1 aromatic heterocycles. The highest BCUT2D eigenvalue weighted by Crippen LogP contribution is 2.27. The number of para-hydroxylation sites is 1. The van der Waals surface area contributed by atoms with Crippen molar-refractivity contribution in [1.82, 2.24) is 20.5 Å². The van der Waals surface area contributed by atoms with Crippen LogP contribution in [-0.4, -0.2) is 87.1 Å². The molecule has 0 bridgehead atoms. The van der Waals surface area contributed by atoms with Crippen molar-refractivity contribution in [2.45, 2.75) is 77.4 Å². The molecule has 4 atom stereocenters. The van der Waals surface area contributed by atoms with Crippen LogP contribution in [0.5, 0.6) is 11.5 Å². The number of oxazole rings is 1. The minimum absolute atomic E-state index is 0.0624. The number of carbonyl (C=O) groups is 6. The third-order valence-electron chi connectivity index (χ3n) is 8.46. The summed E-state index contributed by atoms with van der Waals surface area (Å²) in [6, 6.07) is 7.50. The summed E-state index contributed by atoms with van der Waals surface area (Å²) in [5, 5.41) is 24.5. The van der Waals surface area contributed by atoms with Crippen LogP contribution in [0.2, 0.25) is 0 Å². The molecule has 0 spiro atoms. The molecule has 1 saturated heterocycles. The summed E-state index contributed by atoms with van der Waals surface area (Å²) in [6.07, 6.45) is 0.806. The van der Waals surface area contributed by atoms with Gasteiger partial charge in [0.2, 0.25) is 23.5 Å². The topological polar surface area (TPSA) is 205 Å². The van der Waals surface area contributed by atoms with Crippen molar-refractivity contribution in [3.05, 3.63) is 53.9 Å². The number of hydrogen-bond acceptors (Lipinski definition) is 10. The number of hydrogen-bond donors (Lipinski definition) is 4. The van der Waals surface area contributed by atoms with E-state index in [4.69, 9.17) is 9.15 Å². The third-order valence-corrected chi connectivity index (χ3v) is 8.46. The second-order valence-electron chi connectivity index (χ2n) is 12.6. The first-order valence-electron chi connectivity index (χ1n) is 16.2. The van der Waals surface area contributed by atoms with Crippen LogP contribution in [0, 0.1) is 11.8 Å². The maximum Gasteiger partial charge on any atom is 0.305 e. The highest BCUT2D eigenvalue weighted by atomic mass is 16.5. The lowest BCUT2D eigenvalue weighted by molar-refractivity contribution is -0.146. The molecule has 262 valence electrons. The van der Waals surface area contributed by atoms with Crippen LogP contribution in [0.15, 0.2) is 46.9 Å². The molecule has 2 aromatic carbocycles. The number of carbonyl (C=O) groups excluding carboxylic acids is 5. The third kappa shape index (κ3) is 9.21. The maximum absolute atomic E-state index is 14.0. The summed E-state index contributed by atoms with van der Waals surface area (Å²) >= 11 is 0. The zero-order valence-corrected chi connectivity index (χ0v) is 27.9. The van der Waals surface area contributed by atoms with Crippen molar-refractivity contribution in [3.8, 4) is 11.5 Å². The van der Waals surface area contributed by atoms with Gasteiger partial charge in [-0.2, -0.15) is 0 Å². The molecule has 3 amide bonds. The second-order valence-corrected chi connectivity index (χ2v) is 12.6. The van der Waals surface area contributed by atoms with Gasteiger partial charge in [-0.3, -0.25) is 24.0 Å². The van der Waals surface area contributed by atoms with Gasteiger partial charge < -0.3 is 39.7 Å². The Bertz CT molecular complexity index is 1700. The number of fused-ring (bicyclic) bond motifs is 1. The van der Waals surface area contributed by atoms with Crippen molar-refractivity contribution in [1.29, 1.82) is 0 Å². The first kappa shape index (κ1) is 36.6. The lowest BCUT2D eigenvalue weighted by atomic mass is 9.92. The van der Waals surface area contributed by atoms with Gasteiger partial charge in [0.15, 0.2) is 11.3 Å². The number of nitrogens with zero attached hydrogens (tertiary/aromatic N) is 2. The lowest BCUT2D eigenvalue weighted by Crippen LogP contribution is -2.60. The molecule has 0 aliphatic carbocycles. The Kier molecular flexibility index (Phi) is 12.1. The molecule has 1 aliphatic rings. The van der Waals surface area contributed by atoms with Crippen LogP contribution < -0.4 is 15.4 Å². The number of benzene rings is 2. The lowest BCUT2D eigenvalue weighted by Gasteiger charge is -2.38. The van der Waals surface area contributed by atoms with Crippen molar-refractivity contribution in [2.24, 2.45) is 11.8 Å². The summed E-state index contributed by atoms with van der Waals surface area (Å²) < 4.78 is 10.9. The summed E-state index contributed by atoms with van der Waals surface area (Å²) in [5.74, 6) is -5.36. The van der Waals surface area contributed by atoms with E-state index >= 15 is 0 Å². The number of likely N-dealkylation sites (tertiary alicyclic amines) is 1. The molecule has 14 heteroatoms. The first-order chi connectivity index (χ1) is 23.3. The zero-order valence-electron chi connectivity index (χ0n) is 27.9. The fraction of sp³-hybridized carbons (Fsp3) is 0.457. The number of aromatic nitrogens is 1. The van der Waals surface area contributed by atoms with E-state index in [0.717, 1.165) is 5.56 Å². The number of ketones is 2. The predicted octanol–water partition coefficient (Wildman–Crippen LogP) is 3.04. The molecule has 1 fully saturated rings. The summed E-state index contributed by atoms with van der Waals surface area (Å²) in [4.78, 5) is 84.1. The molecule has 2 heterocycles. The molecule has 1 aliphatic heterocycles. The summed E-state index contributed by atoms with van der Waals surface area (Å²) in [7, 11) is 1.42. The quantitative estimate of drug-likeness (QED) is 0.172. The Morgan fingerprint density at radius 3 is 2.37 bits per heavy atom. The monoisotopic (exact) mass is 678 g/mol. The smallest absolute Gasteiger partial charge is 0.305 e. The van der Waals surface area contributed by atoms with Crippen LogP contribution >= 0.6 is 0 Å². The molecule has 0 saturated carbocycles. The highest BCUT2D eigenvalue weighted by molar-refractivity contribution is 6.03. The Morgan fingerprint density at radius 2 is 1.73 bits per heavy atom. The molecule has 3 aromatic rings. The fourth-order valence-corrected chi connectivity index (χ4v) is 5.94. The van der Waals surface area contributed by atoms with Gasteiger partial charge >= 0.3 is 5.97 Å². The van der Waals surface area contributed by atoms with E-state index in [9.17, 15) is 39.0 Å². The molecule has 4 rings (SSSR count).